The average Bonchev–Trinajstić information content (AvgIpc) is 3.28. The number of benzene rings is 3. The Kier molecular flexibility index (Phi) is 9.37. The van der Waals surface area contributed by atoms with Gasteiger partial charge >= 0.3 is 41.9 Å². The van der Waals surface area contributed by atoms with Crippen molar-refractivity contribution >= 4 is 28.4 Å². The van der Waals surface area contributed by atoms with Crippen molar-refractivity contribution in [3.8, 4) is 0 Å². The molecule has 2 atom stereocenters. The average molecular weight is 528 g/mol. The molecule has 0 spiro atoms. The van der Waals surface area contributed by atoms with Gasteiger partial charge in [0.05, 0.1) is 0 Å². The van der Waals surface area contributed by atoms with E-state index in [-0.39, 0.29) is 30.2 Å². The minimum Gasteiger partial charge on any atom is -1.00 e. The van der Waals surface area contributed by atoms with Crippen LogP contribution in [0.15, 0.2) is 66.2 Å². The molecule has 2 unspecified atom stereocenters. The summed E-state index contributed by atoms with van der Waals surface area (Å²) in [5, 5.41) is 2.70. The van der Waals surface area contributed by atoms with E-state index in [0.29, 0.717) is 11.8 Å². The summed E-state index contributed by atoms with van der Waals surface area (Å²) >= 11 is 1.74. The molecule has 2 aliphatic carbocycles. The summed E-state index contributed by atoms with van der Waals surface area (Å²) < 4.78 is 0. The van der Waals surface area contributed by atoms with Gasteiger partial charge in [0.15, 0.2) is 0 Å². The summed E-state index contributed by atoms with van der Waals surface area (Å²) in [7, 11) is 0. The summed E-state index contributed by atoms with van der Waals surface area (Å²) in [5.74, 6) is 0.768. The zero-order valence-electron chi connectivity index (χ0n) is 17.5. The van der Waals surface area contributed by atoms with Crippen molar-refractivity contribution in [2.24, 2.45) is 0 Å². The fraction of sp³-hybridized carbons (Fsp3) is 0.231. The summed E-state index contributed by atoms with van der Waals surface area (Å²) in [6.07, 6.45) is 9.35. The van der Waals surface area contributed by atoms with Gasteiger partial charge in [-0.15, -0.1) is 11.6 Å². The van der Waals surface area contributed by atoms with Gasteiger partial charge in [-0.05, 0) is 34.2 Å². The standard InChI is InChI=1S/C24H19.C2H6Si.2ClH.Zr/c1-2-16-15-23-20-10-6-4-8-18(20)12-14-22(23)24(16)21-13-11-17-7-3-5-9-19(17)21;1-3-2;;;/h3-12,14-15,21,24H,2H2,1H3;1-2H3;2*1H;/q-1;;;;+2/p-2. The normalized spacial score (nSPS) is 17.7. The zero-order valence-corrected chi connectivity index (χ0v) is 22.5. The fourth-order valence-corrected chi connectivity index (χ4v) is 4.41. The Morgan fingerprint density at radius 1 is 0.900 bits per heavy atom. The second-order valence-corrected chi connectivity index (χ2v) is 17.1. The van der Waals surface area contributed by atoms with Crippen molar-refractivity contribution in [3.05, 3.63) is 94.6 Å². The van der Waals surface area contributed by atoms with Gasteiger partial charge in [0, 0.05) is 0 Å². The first-order valence-corrected chi connectivity index (χ1v) is 16.2. The number of halogens is 2. The molecule has 0 aliphatic heterocycles. The largest absolute Gasteiger partial charge is 1.00 e. The SMILES string of the molecule is CCC1=Cc2c(ccc3ccccc23)C1C1[C-]=Cc2ccccc21.C[Si](C)=[Zr+2].[Cl-].[Cl-]. The van der Waals surface area contributed by atoms with Gasteiger partial charge in [-0.25, -0.2) is 6.08 Å². The van der Waals surface area contributed by atoms with Crippen molar-refractivity contribution in [2.45, 2.75) is 38.3 Å². The van der Waals surface area contributed by atoms with Crippen molar-refractivity contribution in [1.29, 1.82) is 0 Å². The maximum absolute atomic E-state index is 3.65. The van der Waals surface area contributed by atoms with Crippen molar-refractivity contribution < 1.29 is 48.1 Å². The van der Waals surface area contributed by atoms with Gasteiger partial charge in [-0.2, -0.15) is 5.56 Å². The molecule has 0 bridgehead atoms. The Bertz CT molecular complexity index is 1110. The summed E-state index contributed by atoms with van der Waals surface area (Å²) in [6.45, 7) is 6.89. The Morgan fingerprint density at radius 3 is 2.30 bits per heavy atom. The van der Waals surface area contributed by atoms with Crippen LogP contribution in [0.5, 0.6) is 0 Å². The summed E-state index contributed by atoms with van der Waals surface area (Å²) in [5.41, 5.74) is 7.37. The number of allylic oxidation sites excluding steroid dienone is 2. The molecule has 3 aromatic rings. The van der Waals surface area contributed by atoms with Crippen molar-refractivity contribution in [2.75, 3.05) is 0 Å². The van der Waals surface area contributed by atoms with Gasteiger partial charge in [-0.1, -0.05) is 79.1 Å². The van der Waals surface area contributed by atoms with Crippen LogP contribution in [0, 0.1) is 6.08 Å². The Balaban J connectivity index is 0.000000494. The van der Waals surface area contributed by atoms with E-state index in [4.69, 9.17) is 0 Å². The second-order valence-electron chi connectivity index (χ2n) is 7.76. The van der Waals surface area contributed by atoms with E-state index >= 15 is 0 Å². The maximum atomic E-state index is 3.65. The van der Waals surface area contributed by atoms with Crippen LogP contribution in [0.1, 0.15) is 47.4 Å². The smallest absolute Gasteiger partial charge is 1.00 e. The van der Waals surface area contributed by atoms with E-state index in [0.717, 1.165) is 6.42 Å². The molecule has 2 aliphatic rings. The van der Waals surface area contributed by atoms with E-state index in [1.165, 1.54) is 38.6 Å². The van der Waals surface area contributed by atoms with E-state index < -0.39 is 0 Å². The van der Waals surface area contributed by atoms with E-state index in [2.05, 4.69) is 98.9 Å². The summed E-state index contributed by atoms with van der Waals surface area (Å²) in [4.78, 5) is 0. The number of rotatable bonds is 2. The molecule has 5 rings (SSSR count). The molecule has 0 N–H and O–H groups in total. The van der Waals surface area contributed by atoms with Crippen LogP contribution in [0.2, 0.25) is 13.1 Å². The minimum absolute atomic E-state index is 0. The van der Waals surface area contributed by atoms with Crippen LogP contribution in [-0.4, -0.2) is 5.43 Å². The van der Waals surface area contributed by atoms with Crippen molar-refractivity contribution in [1.82, 2.24) is 0 Å². The first-order chi connectivity index (χ1) is 13.6. The maximum Gasteiger partial charge on any atom is -1.00 e. The van der Waals surface area contributed by atoms with Gasteiger partial charge in [0.2, 0.25) is 0 Å². The predicted octanol–water partition coefficient (Wildman–Crippen LogP) is 1.14. The first kappa shape index (κ1) is 25.3. The quantitative estimate of drug-likeness (QED) is 0.347. The minimum atomic E-state index is 0. The van der Waals surface area contributed by atoms with Crippen LogP contribution in [-0.2, 0) is 23.3 Å². The van der Waals surface area contributed by atoms with Gasteiger partial charge in [0.25, 0.3) is 0 Å². The van der Waals surface area contributed by atoms with E-state index in [1.54, 1.807) is 23.3 Å². The van der Waals surface area contributed by atoms with Gasteiger partial charge in [0.1, 0.15) is 0 Å². The summed E-state index contributed by atoms with van der Waals surface area (Å²) in [6, 6.07) is 22.1. The van der Waals surface area contributed by atoms with Gasteiger partial charge < -0.3 is 24.8 Å². The molecule has 0 heterocycles. The van der Waals surface area contributed by atoms with Gasteiger partial charge in [-0.3, -0.25) is 6.08 Å². The molecular formula is C26H25Cl2SiZr-. The van der Waals surface area contributed by atoms with Crippen LogP contribution >= 0.6 is 0 Å². The second kappa shape index (κ2) is 11.1. The van der Waals surface area contributed by atoms with E-state index in [1.807, 2.05) is 0 Å². The number of fused-ring (bicyclic) bond motifs is 4. The third kappa shape index (κ3) is 4.94. The molecule has 0 saturated carbocycles. The van der Waals surface area contributed by atoms with Crippen LogP contribution in [0.25, 0.3) is 22.9 Å². The Labute approximate surface area is 208 Å². The predicted molar refractivity (Wildman–Crippen MR) is 119 cm³/mol. The molecular weight excluding hydrogens is 503 g/mol. The third-order valence-electron chi connectivity index (χ3n) is 5.56. The number of hydrogen-bond acceptors (Lipinski definition) is 0. The molecule has 0 fully saturated rings. The zero-order chi connectivity index (χ0) is 19.7. The topological polar surface area (TPSA) is 0 Å². The molecule has 0 saturated heterocycles. The number of hydrogen-bond donors (Lipinski definition) is 0. The molecule has 30 heavy (non-hydrogen) atoms. The molecule has 3 aromatic carbocycles. The fourth-order valence-electron chi connectivity index (χ4n) is 4.41. The van der Waals surface area contributed by atoms with Crippen LogP contribution in [0.3, 0.4) is 0 Å². The Hall–Kier alpha value is -0.920. The molecule has 152 valence electrons. The molecule has 4 heteroatoms. The first-order valence-electron chi connectivity index (χ1n) is 10.0. The molecule has 0 amide bonds. The third-order valence-corrected chi connectivity index (χ3v) is 5.56. The molecule has 0 aromatic heterocycles. The van der Waals surface area contributed by atoms with Crippen LogP contribution < -0.4 is 24.8 Å². The molecule has 0 nitrogen and oxygen atoms in total. The molecule has 0 radical (unpaired) electrons. The van der Waals surface area contributed by atoms with E-state index in [9.17, 15) is 0 Å². The van der Waals surface area contributed by atoms with Crippen LogP contribution in [0.4, 0.5) is 0 Å². The Morgan fingerprint density at radius 2 is 1.57 bits per heavy atom. The monoisotopic (exact) mass is 525 g/mol. The van der Waals surface area contributed by atoms with Crippen molar-refractivity contribution in [3.63, 3.8) is 0 Å².